The van der Waals surface area contributed by atoms with Crippen molar-refractivity contribution in [2.45, 2.75) is 45.6 Å². The Morgan fingerprint density at radius 3 is 2.84 bits per heavy atom. The first-order chi connectivity index (χ1) is 9.02. The number of hydrogen-bond acceptors (Lipinski definition) is 2. The van der Waals surface area contributed by atoms with Crippen molar-refractivity contribution in [3.8, 4) is 0 Å². The molecule has 0 spiro atoms. The van der Waals surface area contributed by atoms with Crippen molar-refractivity contribution in [1.82, 2.24) is 5.32 Å². The average molecular weight is 266 g/mol. The summed E-state index contributed by atoms with van der Waals surface area (Å²) < 4.78 is 12.9. The lowest BCUT2D eigenvalue weighted by Gasteiger charge is -2.11. The molecular weight excluding hydrogens is 243 g/mol. The molecule has 0 aliphatic rings. The summed E-state index contributed by atoms with van der Waals surface area (Å²) in [6.07, 6.45) is 2.94. The molecule has 1 atom stereocenters. The van der Waals surface area contributed by atoms with Crippen molar-refractivity contribution >= 4 is 5.91 Å². The summed E-state index contributed by atoms with van der Waals surface area (Å²) in [5.41, 5.74) is 7.78. The van der Waals surface area contributed by atoms with Crippen molar-refractivity contribution in [2.24, 2.45) is 5.73 Å². The van der Waals surface area contributed by atoms with Crippen molar-refractivity contribution in [1.29, 1.82) is 0 Å². The first kappa shape index (κ1) is 15.6. The van der Waals surface area contributed by atoms with Crippen LogP contribution in [-0.4, -0.2) is 18.5 Å². The number of aryl methyl sites for hydroxylation is 1. The van der Waals surface area contributed by atoms with Gasteiger partial charge in [0, 0.05) is 19.0 Å². The maximum absolute atomic E-state index is 12.9. The fourth-order valence-corrected chi connectivity index (χ4v) is 2.06. The fourth-order valence-electron chi connectivity index (χ4n) is 2.06. The predicted molar refractivity (Wildman–Crippen MR) is 75.4 cm³/mol. The van der Waals surface area contributed by atoms with Gasteiger partial charge >= 0.3 is 0 Å². The van der Waals surface area contributed by atoms with E-state index in [1.807, 2.05) is 6.92 Å². The lowest BCUT2D eigenvalue weighted by atomic mass is 10.1. The lowest BCUT2D eigenvalue weighted by molar-refractivity contribution is -0.121. The molecule has 1 amide bonds. The molecule has 1 unspecified atom stereocenters. The molecule has 19 heavy (non-hydrogen) atoms. The van der Waals surface area contributed by atoms with Crippen LogP contribution in [0.25, 0.3) is 0 Å². The highest BCUT2D eigenvalue weighted by Crippen LogP contribution is 2.10. The first-order valence-corrected chi connectivity index (χ1v) is 6.80. The van der Waals surface area contributed by atoms with Crippen molar-refractivity contribution in [3.05, 3.63) is 35.1 Å². The summed E-state index contributed by atoms with van der Waals surface area (Å²) in [7, 11) is 0. The van der Waals surface area contributed by atoms with Crippen LogP contribution in [0.4, 0.5) is 4.39 Å². The molecule has 0 radical (unpaired) electrons. The van der Waals surface area contributed by atoms with Gasteiger partial charge in [-0.15, -0.1) is 0 Å². The molecule has 1 rings (SSSR count). The van der Waals surface area contributed by atoms with E-state index in [9.17, 15) is 9.18 Å². The predicted octanol–water partition coefficient (Wildman–Crippen LogP) is 2.31. The van der Waals surface area contributed by atoms with Crippen LogP contribution in [0.3, 0.4) is 0 Å². The monoisotopic (exact) mass is 266 g/mol. The van der Waals surface area contributed by atoms with E-state index in [1.54, 1.807) is 6.07 Å². The molecule has 1 aromatic rings. The van der Waals surface area contributed by atoms with E-state index < -0.39 is 0 Å². The van der Waals surface area contributed by atoms with Crippen molar-refractivity contribution < 1.29 is 9.18 Å². The molecule has 0 saturated carbocycles. The second kappa shape index (κ2) is 7.89. The Labute approximate surface area is 114 Å². The second-order valence-electron chi connectivity index (χ2n) is 4.92. The molecule has 0 fully saturated rings. The Balaban J connectivity index is 2.31. The Kier molecular flexibility index (Phi) is 6.50. The molecule has 106 valence electrons. The van der Waals surface area contributed by atoms with Gasteiger partial charge in [0.25, 0.3) is 0 Å². The van der Waals surface area contributed by atoms with Gasteiger partial charge < -0.3 is 11.1 Å². The highest BCUT2D eigenvalue weighted by atomic mass is 19.1. The molecule has 0 aliphatic carbocycles. The van der Waals surface area contributed by atoms with Gasteiger partial charge in [-0.1, -0.05) is 19.4 Å². The van der Waals surface area contributed by atoms with Crippen LogP contribution in [-0.2, 0) is 11.2 Å². The summed E-state index contributed by atoms with van der Waals surface area (Å²) in [4.78, 5) is 11.6. The molecule has 3 N–H and O–H groups in total. The Morgan fingerprint density at radius 2 is 2.21 bits per heavy atom. The van der Waals surface area contributed by atoms with Gasteiger partial charge in [0.1, 0.15) is 5.82 Å². The SMILES string of the molecule is CCCC(N)CC(=O)NCCc1ccc(F)cc1C. The van der Waals surface area contributed by atoms with Crippen LogP contribution in [0.5, 0.6) is 0 Å². The van der Waals surface area contributed by atoms with Gasteiger partial charge in [-0.05, 0) is 43.0 Å². The third kappa shape index (κ3) is 5.83. The van der Waals surface area contributed by atoms with Gasteiger partial charge in [0.2, 0.25) is 5.91 Å². The highest BCUT2D eigenvalue weighted by molar-refractivity contribution is 5.76. The van der Waals surface area contributed by atoms with Gasteiger partial charge in [0.15, 0.2) is 0 Å². The van der Waals surface area contributed by atoms with Crippen molar-refractivity contribution in [3.63, 3.8) is 0 Å². The molecule has 4 heteroatoms. The lowest BCUT2D eigenvalue weighted by Crippen LogP contribution is -2.32. The Hall–Kier alpha value is -1.42. The molecule has 0 saturated heterocycles. The molecule has 0 bridgehead atoms. The second-order valence-corrected chi connectivity index (χ2v) is 4.92. The van der Waals surface area contributed by atoms with Crippen LogP contribution in [0.1, 0.15) is 37.3 Å². The minimum absolute atomic E-state index is 0.0132. The number of nitrogens with two attached hydrogens (primary N) is 1. The van der Waals surface area contributed by atoms with E-state index in [1.165, 1.54) is 12.1 Å². The number of halogens is 1. The van der Waals surface area contributed by atoms with Gasteiger partial charge in [0.05, 0.1) is 0 Å². The van der Waals surface area contributed by atoms with Gasteiger partial charge in [-0.3, -0.25) is 4.79 Å². The standard InChI is InChI=1S/C15H23FN2O/c1-3-4-14(17)10-15(19)18-8-7-12-5-6-13(16)9-11(12)2/h5-6,9,14H,3-4,7-8,10,17H2,1-2H3,(H,18,19). The number of carbonyl (C=O) groups excluding carboxylic acids is 1. The average Bonchev–Trinajstić information content (AvgIpc) is 2.32. The maximum atomic E-state index is 12.9. The van der Waals surface area contributed by atoms with E-state index in [-0.39, 0.29) is 17.8 Å². The zero-order chi connectivity index (χ0) is 14.3. The van der Waals surface area contributed by atoms with Crippen LogP contribution < -0.4 is 11.1 Å². The number of amides is 1. The topological polar surface area (TPSA) is 55.1 Å². The summed E-state index contributed by atoms with van der Waals surface area (Å²) >= 11 is 0. The first-order valence-electron chi connectivity index (χ1n) is 6.80. The van der Waals surface area contributed by atoms with Crippen LogP contribution in [0.2, 0.25) is 0 Å². The van der Waals surface area contributed by atoms with Crippen LogP contribution >= 0.6 is 0 Å². The number of hydrogen-bond donors (Lipinski definition) is 2. The zero-order valence-corrected chi connectivity index (χ0v) is 11.7. The quantitative estimate of drug-likeness (QED) is 0.795. The molecule has 0 aromatic heterocycles. The maximum Gasteiger partial charge on any atom is 0.221 e. The normalized spacial score (nSPS) is 12.2. The van der Waals surface area contributed by atoms with E-state index in [0.29, 0.717) is 19.4 Å². The fraction of sp³-hybridized carbons (Fsp3) is 0.533. The highest BCUT2D eigenvalue weighted by Gasteiger charge is 2.08. The summed E-state index contributed by atoms with van der Waals surface area (Å²) in [6, 6.07) is 4.66. The van der Waals surface area contributed by atoms with E-state index in [0.717, 1.165) is 24.0 Å². The molecule has 0 aliphatic heterocycles. The third-order valence-corrected chi connectivity index (χ3v) is 3.13. The molecule has 0 heterocycles. The van der Waals surface area contributed by atoms with E-state index in [2.05, 4.69) is 12.2 Å². The summed E-state index contributed by atoms with van der Waals surface area (Å²) in [5.74, 6) is -0.239. The number of carbonyl (C=O) groups is 1. The summed E-state index contributed by atoms with van der Waals surface area (Å²) in [5, 5.41) is 2.85. The molecule has 1 aromatic carbocycles. The third-order valence-electron chi connectivity index (χ3n) is 3.13. The van der Waals surface area contributed by atoms with Gasteiger partial charge in [-0.25, -0.2) is 4.39 Å². The van der Waals surface area contributed by atoms with E-state index >= 15 is 0 Å². The number of benzene rings is 1. The Morgan fingerprint density at radius 1 is 1.47 bits per heavy atom. The number of rotatable bonds is 7. The summed E-state index contributed by atoms with van der Waals surface area (Å²) in [6.45, 7) is 4.48. The number of nitrogens with one attached hydrogen (secondary N) is 1. The molecular formula is C15H23FN2O. The van der Waals surface area contributed by atoms with Gasteiger partial charge in [-0.2, -0.15) is 0 Å². The minimum atomic E-state index is -0.226. The molecule has 3 nitrogen and oxygen atoms in total. The van der Waals surface area contributed by atoms with Crippen LogP contribution in [0.15, 0.2) is 18.2 Å². The minimum Gasteiger partial charge on any atom is -0.356 e. The smallest absolute Gasteiger partial charge is 0.221 e. The Bertz CT molecular complexity index is 421. The van der Waals surface area contributed by atoms with Crippen molar-refractivity contribution in [2.75, 3.05) is 6.54 Å². The van der Waals surface area contributed by atoms with E-state index in [4.69, 9.17) is 5.73 Å². The zero-order valence-electron chi connectivity index (χ0n) is 11.7. The largest absolute Gasteiger partial charge is 0.356 e. The van der Waals surface area contributed by atoms with Crippen LogP contribution in [0, 0.1) is 12.7 Å².